The molecule has 2 aliphatic carbocycles. The van der Waals surface area contributed by atoms with E-state index in [9.17, 15) is 0 Å². The van der Waals surface area contributed by atoms with Gasteiger partial charge >= 0.3 is 0 Å². The normalized spacial score (nSPS) is 28.9. The monoisotopic (exact) mass is 287 g/mol. The summed E-state index contributed by atoms with van der Waals surface area (Å²) in [5.41, 5.74) is 8.73. The van der Waals surface area contributed by atoms with Gasteiger partial charge in [-0.1, -0.05) is 12.8 Å². The molecule has 0 spiro atoms. The van der Waals surface area contributed by atoms with Gasteiger partial charge in [0.25, 0.3) is 0 Å². The molecule has 1 saturated carbocycles. The number of nitrogens with zero attached hydrogens (tertiary/aromatic N) is 3. The van der Waals surface area contributed by atoms with Crippen molar-refractivity contribution in [1.82, 2.24) is 15.3 Å². The molecular formula is C16H25N5. The number of hydrogen-bond donors (Lipinski definition) is 2. The van der Waals surface area contributed by atoms with Gasteiger partial charge in [0.05, 0.1) is 5.69 Å². The number of nitrogens with two attached hydrogens (primary N) is 1. The SMILES string of the molecule is Nc1nc2c(c(N3CCNCC3)n1)CC[C@H]1CCCC[C@H]21. The molecule has 0 amide bonds. The average molecular weight is 287 g/mol. The Morgan fingerprint density at radius 3 is 2.71 bits per heavy atom. The molecule has 2 heterocycles. The van der Waals surface area contributed by atoms with Crippen LogP contribution in [0.1, 0.15) is 49.3 Å². The molecule has 0 bridgehead atoms. The lowest BCUT2D eigenvalue weighted by Gasteiger charge is -2.38. The summed E-state index contributed by atoms with van der Waals surface area (Å²) in [6.07, 6.45) is 7.83. The van der Waals surface area contributed by atoms with Crippen LogP contribution in [0.4, 0.5) is 11.8 Å². The summed E-state index contributed by atoms with van der Waals surface area (Å²) in [6, 6.07) is 0. The van der Waals surface area contributed by atoms with Crippen molar-refractivity contribution in [3.05, 3.63) is 11.3 Å². The first kappa shape index (κ1) is 13.3. The molecule has 2 atom stereocenters. The molecule has 0 radical (unpaired) electrons. The van der Waals surface area contributed by atoms with Gasteiger partial charge < -0.3 is 16.0 Å². The van der Waals surface area contributed by atoms with E-state index in [0.717, 1.165) is 44.3 Å². The Hall–Kier alpha value is -1.36. The first-order valence-corrected chi connectivity index (χ1v) is 8.45. The van der Waals surface area contributed by atoms with Crippen LogP contribution in [0.2, 0.25) is 0 Å². The van der Waals surface area contributed by atoms with Crippen molar-refractivity contribution in [3.63, 3.8) is 0 Å². The zero-order chi connectivity index (χ0) is 14.2. The fourth-order valence-corrected chi connectivity index (χ4v) is 4.43. The zero-order valence-electron chi connectivity index (χ0n) is 12.6. The van der Waals surface area contributed by atoms with Gasteiger partial charge in [0.1, 0.15) is 5.82 Å². The quantitative estimate of drug-likeness (QED) is 0.823. The number of rotatable bonds is 1. The zero-order valence-corrected chi connectivity index (χ0v) is 12.6. The van der Waals surface area contributed by atoms with Crippen LogP contribution in [0.5, 0.6) is 0 Å². The Morgan fingerprint density at radius 2 is 1.86 bits per heavy atom. The predicted octanol–water partition coefficient (Wildman–Crippen LogP) is 1.69. The van der Waals surface area contributed by atoms with Crippen LogP contribution in [-0.2, 0) is 6.42 Å². The van der Waals surface area contributed by atoms with E-state index in [1.54, 1.807) is 0 Å². The van der Waals surface area contributed by atoms with Gasteiger partial charge in [-0.05, 0) is 31.6 Å². The highest BCUT2D eigenvalue weighted by Crippen LogP contribution is 2.46. The fraction of sp³-hybridized carbons (Fsp3) is 0.750. The van der Waals surface area contributed by atoms with Gasteiger partial charge in [0.2, 0.25) is 5.95 Å². The highest BCUT2D eigenvalue weighted by molar-refractivity contribution is 5.54. The summed E-state index contributed by atoms with van der Waals surface area (Å²) in [7, 11) is 0. The van der Waals surface area contributed by atoms with Gasteiger partial charge in [-0.2, -0.15) is 4.98 Å². The van der Waals surface area contributed by atoms with E-state index in [0.29, 0.717) is 11.9 Å². The van der Waals surface area contributed by atoms with E-state index in [-0.39, 0.29) is 0 Å². The molecule has 1 aromatic heterocycles. The minimum absolute atomic E-state index is 0.466. The third-order valence-corrected chi connectivity index (χ3v) is 5.48. The van der Waals surface area contributed by atoms with Crippen molar-refractivity contribution >= 4 is 11.8 Å². The molecule has 21 heavy (non-hydrogen) atoms. The Labute approximate surface area is 126 Å². The van der Waals surface area contributed by atoms with Crippen LogP contribution in [0, 0.1) is 5.92 Å². The van der Waals surface area contributed by atoms with E-state index < -0.39 is 0 Å². The number of hydrogen-bond acceptors (Lipinski definition) is 5. The minimum Gasteiger partial charge on any atom is -0.368 e. The highest BCUT2D eigenvalue weighted by Gasteiger charge is 2.35. The molecule has 2 fully saturated rings. The van der Waals surface area contributed by atoms with Gasteiger partial charge in [-0.25, -0.2) is 4.98 Å². The maximum absolute atomic E-state index is 6.05. The lowest BCUT2D eigenvalue weighted by Crippen LogP contribution is -2.44. The lowest BCUT2D eigenvalue weighted by atomic mass is 9.70. The maximum atomic E-state index is 6.05. The fourth-order valence-electron chi connectivity index (χ4n) is 4.43. The molecule has 1 aliphatic heterocycles. The standard InChI is InChI=1S/C16H25N5/c17-16-19-14-12-4-2-1-3-11(12)5-6-13(14)15(20-16)21-9-7-18-8-10-21/h11-12,18H,1-10H2,(H2,17,19,20)/t11-,12+/m1/s1. The van der Waals surface area contributed by atoms with Crippen molar-refractivity contribution in [1.29, 1.82) is 0 Å². The van der Waals surface area contributed by atoms with Crippen molar-refractivity contribution in [2.75, 3.05) is 36.8 Å². The van der Waals surface area contributed by atoms with Crippen molar-refractivity contribution in [2.24, 2.45) is 5.92 Å². The Bertz CT molecular complexity index is 506. The molecule has 1 saturated heterocycles. The molecule has 4 rings (SSSR count). The smallest absolute Gasteiger partial charge is 0.222 e. The van der Waals surface area contributed by atoms with Gasteiger partial charge in [-0.15, -0.1) is 0 Å². The molecule has 3 aliphatic rings. The Morgan fingerprint density at radius 1 is 1.05 bits per heavy atom. The van der Waals surface area contributed by atoms with E-state index in [2.05, 4.69) is 20.2 Å². The summed E-state index contributed by atoms with van der Waals surface area (Å²) in [5.74, 6) is 3.06. The Balaban J connectivity index is 1.74. The molecular weight excluding hydrogens is 262 g/mol. The molecule has 1 aromatic rings. The molecule has 5 heteroatoms. The summed E-state index contributed by atoms with van der Waals surface area (Å²) in [4.78, 5) is 11.7. The maximum Gasteiger partial charge on any atom is 0.222 e. The second-order valence-electron chi connectivity index (χ2n) is 6.70. The van der Waals surface area contributed by atoms with E-state index >= 15 is 0 Å². The van der Waals surface area contributed by atoms with Crippen LogP contribution < -0.4 is 16.0 Å². The molecule has 3 N–H and O–H groups in total. The minimum atomic E-state index is 0.466. The van der Waals surface area contributed by atoms with E-state index in [1.165, 1.54) is 43.4 Å². The van der Waals surface area contributed by atoms with E-state index in [4.69, 9.17) is 5.73 Å². The predicted molar refractivity (Wildman–Crippen MR) is 84.5 cm³/mol. The first-order chi connectivity index (χ1) is 10.3. The van der Waals surface area contributed by atoms with Crippen LogP contribution in [0.15, 0.2) is 0 Å². The largest absolute Gasteiger partial charge is 0.368 e. The number of nitrogen functional groups attached to an aromatic ring is 1. The number of anilines is 2. The summed E-state index contributed by atoms with van der Waals surface area (Å²) in [6.45, 7) is 4.11. The van der Waals surface area contributed by atoms with Crippen molar-refractivity contribution < 1.29 is 0 Å². The first-order valence-electron chi connectivity index (χ1n) is 8.45. The number of fused-ring (bicyclic) bond motifs is 3. The molecule has 5 nitrogen and oxygen atoms in total. The average Bonchev–Trinajstić information content (AvgIpc) is 2.55. The summed E-state index contributed by atoms with van der Waals surface area (Å²) < 4.78 is 0. The van der Waals surface area contributed by atoms with Crippen molar-refractivity contribution in [3.8, 4) is 0 Å². The second kappa shape index (κ2) is 5.44. The molecule has 0 aromatic carbocycles. The van der Waals surface area contributed by atoms with Gasteiger partial charge in [0, 0.05) is 37.7 Å². The molecule has 0 unspecified atom stereocenters. The second-order valence-corrected chi connectivity index (χ2v) is 6.70. The summed E-state index contributed by atoms with van der Waals surface area (Å²) in [5, 5.41) is 3.41. The number of nitrogens with one attached hydrogen (secondary N) is 1. The van der Waals surface area contributed by atoms with Gasteiger partial charge in [0.15, 0.2) is 0 Å². The van der Waals surface area contributed by atoms with Crippen molar-refractivity contribution in [2.45, 2.75) is 44.4 Å². The Kier molecular flexibility index (Phi) is 3.45. The van der Waals surface area contributed by atoms with Gasteiger partial charge in [-0.3, -0.25) is 0 Å². The van der Waals surface area contributed by atoms with Crippen LogP contribution in [-0.4, -0.2) is 36.1 Å². The highest BCUT2D eigenvalue weighted by atomic mass is 15.2. The van der Waals surface area contributed by atoms with E-state index in [1.807, 2.05) is 0 Å². The van der Waals surface area contributed by atoms with Crippen LogP contribution in [0.3, 0.4) is 0 Å². The topological polar surface area (TPSA) is 67.1 Å². The number of piperazine rings is 1. The van der Waals surface area contributed by atoms with Crippen LogP contribution in [0.25, 0.3) is 0 Å². The third-order valence-electron chi connectivity index (χ3n) is 5.48. The summed E-state index contributed by atoms with van der Waals surface area (Å²) >= 11 is 0. The van der Waals surface area contributed by atoms with Crippen LogP contribution >= 0.6 is 0 Å². The number of aromatic nitrogens is 2. The lowest BCUT2D eigenvalue weighted by molar-refractivity contribution is 0.270. The third kappa shape index (κ3) is 2.37. The molecule has 114 valence electrons.